The van der Waals surface area contributed by atoms with Gasteiger partial charge in [-0.05, 0) is 25.7 Å². The molecule has 0 saturated heterocycles. The number of hydrogen-bond donors (Lipinski definition) is 1. The Morgan fingerprint density at radius 2 is 2.20 bits per heavy atom. The third kappa shape index (κ3) is 1.28. The van der Waals surface area contributed by atoms with Gasteiger partial charge in [0.1, 0.15) is 0 Å². The fraction of sp³-hybridized carbons (Fsp3) is 0.857. The maximum atomic E-state index is 11.6. The van der Waals surface area contributed by atoms with Crippen LogP contribution in [0, 0.1) is 5.41 Å². The molecule has 0 aromatic heterocycles. The van der Waals surface area contributed by atoms with E-state index >= 15 is 0 Å². The maximum Gasteiger partial charge on any atom is 0.309 e. The monoisotopic (exact) mass is 146 g/mol. The van der Waals surface area contributed by atoms with Crippen LogP contribution < -0.4 is 0 Å². The number of carbonyl (C=O) groups is 1. The third-order valence-corrected chi connectivity index (χ3v) is 2.10. The maximum absolute atomic E-state index is 11.6. The lowest BCUT2D eigenvalue weighted by atomic mass is 10.0. The van der Waals surface area contributed by atoms with Crippen molar-refractivity contribution in [3.05, 3.63) is 0 Å². The predicted molar refractivity (Wildman–Crippen MR) is 34.5 cm³/mol. The standard InChI is InChI=1S/C7H11FO2/c8-5-1-2-7(3-4-7)6(9)10/h1-5H2,(H,9,10). The summed E-state index contributed by atoms with van der Waals surface area (Å²) in [5.41, 5.74) is -0.522. The molecule has 1 saturated carbocycles. The summed E-state index contributed by atoms with van der Waals surface area (Å²) in [6, 6.07) is 0. The molecule has 3 heteroatoms. The molecular formula is C7H11FO2. The fourth-order valence-corrected chi connectivity index (χ4v) is 1.13. The smallest absolute Gasteiger partial charge is 0.309 e. The van der Waals surface area contributed by atoms with Crippen LogP contribution in [0.2, 0.25) is 0 Å². The molecule has 0 heterocycles. The van der Waals surface area contributed by atoms with Gasteiger partial charge in [-0.2, -0.15) is 0 Å². The summed E-state index contributed by atoms with van der Waals surface area (Å²) >= 11 is 0. The van der Waals surface area contributed by atoms with E-state index in [1.807, 2.05) is 0 Å². The highest BCUT2D eigenvalue weighted by molar-refractivity contribution is 5.77. The Bertz CT molecular complexity index is 141. The Kier molecular flexibility index (Phi) is 1.92. The average molecular weight is 146 g/mol. The first-order valence-electron chi connectivity index (χ1n) is 3.51. The van der Waals surface area contributed by atoms with Crippen LogP contribution in [0.15, 0.2) is 0 Å². The van der Waals surface area contributed by atoms with E-state index in [1.165, 1.54) is 0 Å². The number of hydrogen-bond acceptors (Lipinski definition) is 1. The number of alkyl halides is 1. The van der Waals surface area contributed by atoms with Gasteiger partial charge in [-0.3, -0.25) is 9.18 Å². The number of aliphatic carboxylic acids is 1. The van der Waals surface area contributed by atoms with Crippen molar-refractivity contribution in [1.29, 1.82) is 0 Å². The summed E-state index contributed by atoms with van der Waals surface area (Å²) in [5, 5.41) is 8.61. The van der Waals surface area contributed by atoms with Gasteiger partial charge in [-0.1, -0.05) is 0 Å². The fourth-order valence-electron chi connectivity index (χ4n) is 1.13. The van der Waals surface area contributed by atoms with Gasteiger partial charge in [0.15, 0.2) is 0 Å². The van der Waals surface area contributed by atoms with E-state index in [-0.39, 0.29) is 0 Å². The second-order valence-corrected chi connectivity index (χ2v) is 2.88. The third-order valence-electron chi connectivity index (χ3n) is 2.10. The molecular weight excluding hydrogens is 135 g/mol. The molecule has 0 bridgehead atoms. The Morgan fingerprint density at radius 1 is 1.60 bits per heavy atom. The normalized spacial score (nSPS) is 20.5. The summed E-state index contributed by atoms with van der Waals surface area (Å²) < 4.78 is 11.6. The molecule has 1 N–H and O–H groups in total. The second-order valence-electron chi connectivity index (χ2n) is 2.88. The molecule has 0 radical (unpaired) electrons. The molecule has 0 aromatic carbocycles. The number of halogens is 1. The lowest BCUT2D eigenvalue weighted by molar-refractivity contribution is -0.143. The number of carboxylic acids is 1. The van der Waals surface area contributed by atoms with Crippen LogP contribution in [0.4, 0.5) is 4.39 Å². The van der Waals surface area contributed by atoms with Gasteiger partial charge in [0.05, 0.1) is 12.1 Å². The van der Waals surface area contributed by atoms with Crippen LogP contribution in [0.25, 0.3) is 0 Å². The van der Waals surface area contributed by atoms with Crippen molar-refractivity contribution in [3.8, 4) is 0 Å². The lowest BCUT2D eigenvalue weighted by Gasteiger charge is -2.05. The molecule has 0 aliphatic heterocycles. The summed E-state index contributed by atoms with van der Waals surface area (Å²) in [5.74, 6) is -0.749. The summed E-state index contributed by atoms with van der Waals surface area (Å²) in [6.45, 7) is -0.394. The first kappa shape index (κ1) is 7.51. The van der Waals surface area contributed by atoms with Crippen molar-refractivity contribution in [2.75, 3.05) is 6.67 Å². The van der Waals surface area contributed by atoms with Crippen molar-refractivity contribution >= 4 is 5.97 Å². The second kappa shape index (κ2) is 2.56. The summed E-state index contributed by atoms with van der Waals surface area (Å²) in [4.78, 5) is 10.5. The van der Waals surface area contributed by atoms with Crippen LogP contribution >= 0.6 is 0 Å². The average Bonchev–Trinajstić information content (AvgIpc) is 2.64. The quantitative estimate of drug-likeness (QED) is 0.654. The van der Waals surface area contributed by atoms with Crippen molar-refractivity contribution in [2.45, 2.75) is 25.7 Å². The van der Waals surface area contributed by atoms with Crippen molar-refractivity contribution in [1.82, 2.24) is 0 Å². The highest BCUT2D eigenvalue weighted by Crippen LogP contribution is 2.49. The Hall–Kier alpha value is -0.600. The van der Waals surface area contributed by atoms with Crippen LogP contribution in [0.3, 0.4) is 0 Å². The minimum atomic E-state index is -0.749. The highest BCUT2D eigenvalue weighted by Gasteiger charge is 2.49. The molecule has 2 nitrogen and oxygen atoms in total. The van der Waals surface area contributed by atoms with E-state index in [9.17, 15) is 9.18 Å². The number of carboxylic acid groups (broad SMARTS) is 1. The van der Waals surface area contributed by atoms with Crippen molar-refractivity contribution in [2.24, 2.45) is 5.41 Å². The van der Waals surface area contributed by atoms with E-state index < -0.39 is 18.1 Å². The molecule has 0 atom stereocenters. The SMILES string of the molecule is O=C(O)C1(CCCF)CC1. The van der Waals surface area contributed by atoms with Gasteiger partial charge in [-0.15, -0.1) is 0 Å². The minimum absolute atomic E-state index is 0.394. The van der Waals surface area contributed by atoms with Crippen LogP contribution in [-0.2, 0) is 4.79 Å². The summed E-state index contributed by atoms with van der Waals surface area (Å²) in [7, 11) is 0. The molecule has 0 amide bonds. The van der Waals surface area contributed by atoms with E-state index in [0.29, 0.717) is 12.8 Å². The van der Waals surface area contributed by atoms with E-state index in [0.717, 1.165) is 12.8 Å². The predicted octanol–water partition coefficient (Wildman–Crippen LogP) is 1.60. The minimum Gasteiger partial charge on any atom is -0.481 e. The Balaban J connectivity index is 2.31. The molecule has 1 rings (SSSR count). The zero-order valence-electron chi connectivity index (χ0n) is 5.77. The topological polar surface area (TPSA) is 37.3 Å². The van der Waals surface area contributed by atoms with E-state index in [4.69, 9.17) is 5.11 Å². The van der Waals surface area contributed by atoms with Crippen LogP contribution in [0.1, 0.15) is 25.7 Å². The molecule has 1 aliphatic carbocycles. The molecule has 58 valence electrons. The summed E-state index contributed by atoms with van der Waals surface area (Å²) in [6.07, 6.45) is 2.38. The highest BCUT2D eigenvalue weighted by atomic mass is 19.1. The molecule has 0 unspecified atom stereocenters. The molecule has 10 heavy (non-hydrogen) atoms. The first-order valence-corrected chi connectivity index (χ1v) is 3.51. The van der Waals surface area contributed by atoms with Gasteiger partial charge in [0.25, 0.3) is 0 Å². The van der Waals surface area contributed by atoms with E-state index in [1.54, 1.807) is 0 Å². The zero-order valence-corrected chi connectivity index (χ0v) is 5.77. The van der Waals surface area contributed by atoms with Crippen molar-refractivity contribution < 1.29 is 14.3 Å². The van der Waals surface area contributed by atoms with Gasteiger partial charge in [0.2, 0.25) is 0 Å². The largest absolute Gasteiger partial charge is 0.481 e. The molecule has 1 fully saturated rings. The lowest BCUT2D eigenvalue weighted by Crippen LogP contribution is -2.14. The van der Waals surface area contributed by atoms with Gasteiger partial charge in [-0.25, -0.2) is 0 Å². The number of rotatable bonds is 4. The molecule has 1 aliphatic rings. The molecule has 0 spiro atoms. The van der Waals surface area contributed by atoms with Crippen LogP contribution in [-0.4, -0.2) is 17.8 Å². The van der Waals surface area contributed by atoms with Crippen molar-refractivity contribution in [3.63, 3.8) is 0 Å². The van der Waals surface area contributed by atoms with Gasteiger partial charge < -0.3 is 5.11 Å². The van der Waals surface area contributed by atoms with Crippen LogP contribution in [0.5, 0.6) is 0 Å². The first-order chi connectivity index (χ1) is 4.71. The van der Waals surface area contributed by atoms with Gasteiger partial charge >= 0.3 is 5.97 Å². The van der Waals surface area contributed by atoms with E-state index in [2.05, 4.69) is 0 Å². The molecule has 0 aromatic rings. The Morgan fingerprint density at radius 3 is 2.50 bits per heavy atom. The Labute approximate surface area is 59.0 Å². The van der Waals surface area contributed by atoms with Gasteiger partial charge in [0, 0.05) is 0 Å². The zero-order chi connectivity index (χ0) is 7.61.